The number of thioether (sulfide) groups is 1. The van der Waals surface area contributed by atoms with Gasteiger partial charge in [-0.2, -0.15) is 11.8 Å². The third-order valence-electron chi connectivity index (χ3n) is 3.97. The second-order valence-corrected chi connectivity index (χ2v) is 6.66. The first-order valence-corrected chi connectivity index (χ1v) is 7.81. The molecule has 2 unspecified atom stereocenters. The highest BCUT2D eigenvalue weighted by atomic mass is 32.2. The van der Waals surface area contributed by atoms with Crippen molar-refractivity contribution < 1.29 is 0 Å². The molecular formula is C13H25NS. The molecule has 0 aromatic rings. The predicted molar refractivity (Wildman–Crippen MR) is 69.5 cm³/mol. The third-order valence-corrected chi connectivity index (χ3v) is 5.02. The minimum Gasteiger partial charge on any atom is -0.314 e. The Labute approximate surface area is 98.8 Å². The fourth-order valence-corrected chi connectivity index (χ4v) is 4.11. The molecule has 2 heteroatoms. The molecule has 0 aromatic heterocycles. The van der Waals surface area contributed by atoms with Gasteiger partial charge in [0.25, 0.3) is 0 Å². The molecule has 2 rings (SSSR count). The van der Waals surface area contributed by atoms with E-state index in [0.29, 0.717) is 0 Å². The molecule has 1 N–H and O–H groups in total. The van der Waals surface area contributed by atoms with Crippen LogP contribution in [0.25, 0.3) is 0 Å². The Morgan fingerprint density at radius 1 is 1.13 bits per heavy atom. The highest BCUT2D eigenvalue weighted by Gasteiger charge is 2.20. The molecule has 1 saturated carbocycles. The minimum absolute atomic E-state index is 0.836. The molecule has 15 heavy (non-hydrogen) atoms. The zero-order chi connectivity index (χ0) is 10.5. The monoisotopic (exact) mass is 227 g/mol. The summed E-state index contributed by atoms with van der Waals surface area (Å²) in [7, 11) is 0. The number of hydrogen-bond donors (Lipinski definition) is 1. The maximum absolute atomic E-state index is 3.81. The zero-order valence-electron chi connectivity index (χ0n) is 10.0. The Morgan fingerprint density at radius 3 is 2.67 bits per heavy atom. The highest BCUT2D eigenvalue weighted by molar-refractivity contribution is 7.99. The van der Waals surface area contributed by atoms with E-state index in [0.717, 1.165) is 17.9 Å². The second-order valence-electron chi connectivity index (χ2n) is 5.43. The number of rotatable bonds is 3. The average molecular weight is 227 g/mol. The molecule has 1 heterocycles. The van der Waals surface area contributed by atoms with E-state index in [1.165, 1.54) is 56.6 Å². The molecule has 2 aliphatic rings. The van der Waals surface area contributed by atoms with Crippen molar-refractivity contribution in [2.75, 3.05) is 18.1 Å². The normalized spacial score (nSPS) is 34.2. The molecule has 0 radical (unpaired) electrons. The van der Waals surface area contributed by atoms with Gasteiger partial charge in [0, 0.05) is 6.04 Å². The molecule has 0 spiro atoms. The van der Waals surface area contributed by atoms with Gasteiger partial charge in [0.05, 0.1) is 0 Å². The first-order valence-electron chi connectivity index (χ1n) is 6.65. The van der Waals surface area contributed by atoms with Gasteiger partial charge in [-0.1, -0.05) is 19.8 Å². The Morgan fingerprint density at radius 2 is 1.93 bits per heavy atom. The van der Waals surface area contributed by atoms with Crippen LogP contribution >= 0.6 is 11.8 Å². The van der Waals surface area contributed by atoms with Crippen molar-refractivity contribution in [2.24, 2.45) is 11.8 Å². The first kappa shape index (κ1) is 11.8. The van der Waals surface area contributed by atoms with E-state index in [2.05, 4.69) is 24.0 Å². The summed E-state index contributed by atoms with van der Waals surface area (Å²) in [4.78, 5) is 0. The second kappa shape index (κ2) is 6.15. The van der Waals surface area contributed by atoms with E-state index >= 15 is 0 Å². The maximum Gasteiger partial charge on any atom is 0.00697 e. The highest BCUT2D eigenvalue weighted by Crippen LogP contribution is 2.25. The van der Waals surface area contributed by atoms with Crippen molar-refractivity contribution in [3.05, 3.63) is 0 Å². The fourth-order valence-electron chi connectivity index (χ4n) is 2.90. The SMILES string of the molecule is CC1CCCC(NCC2CCSCC2)C1. The summed E-state index contributed by atoms with van der Waals surface area (Å²) in [5, 5.41) is 3.81. The lowest BCUT2D eigenvalue weighted by molar-refractivity contribution is 0.285. The van der Waals surface area contributed by atoms with Gasteiger partial charge in [-0.25, -0.2) is 0 Å². The summed E-state index contributed by atoms with van der Waals surface area (Å²) in [5.74, 6) is 4.72. The van der Waals surface area contributed by atoms with Crippen LogP contribution in [-0.2, 0) is 0 Å². The van der Waals surface area contributed by atoms with Gasteiger partial charge in [-0.15, -0.1) is 0 Å². The van der Waals surface area contributed by atoms with Gasteiger partial charge >= 0.3 is 0 Å². The van der Waals surface area contributed by atoms with E-state index in [1.807, 2.05) is 0 Å². The molecule has 0 amide bonds. The van der Waals surface area contributed by atoms with Gasteiger partial charge in [-0.3, -0.25) is 0 Å². The summed E-state index contributed by atoms with van der Waals surface area (Å²) < 4.78 is 0. The van der Waals surface area contributed by atoms with Gasteiger partial charge in [0.2, 0.25) is 0 Å². The average Bonchev–Trinajstić information content (AvgIpc) is 2.28. The van der Waals surface area contributed by atoms with E-state index in [1.54, 1.807) is 0 Å². The van der Waals surface area contributed by atoms with Crippen LogP contribution in [-0.4, -0.2) is 24.1 Å². The molecule has 1 aliphatic heterocycles. The van der Waals surface area contributed by atoms with E-state index in [-0.39, 0.29) is 0 Å². The largest absolute Gasteiger partial charge is 0.314 e. The standard InChI is InChI=1S/C13H25NS/c1-11-3-2-4-13(9-11)14-10-12-5-7-15-8-6-12/h11-14H,2-10H2,1H3. The number of hydrogen-bond acceptors (Lipinski definition) is 2. The third kappa shape index (κ3) is 3.99. The van der Waals surface area contributed by atoms with Crippen LogP contribution in [0.1, 0.15) is 45.4 Å². The lowest BCUT2D eigenvalue weighted by Crippen LogP contribution is -2.37. The van der Waals surface area contributed by atoms with Gasteiger partial charge in [0.1, 0.15) is 0 Å². The smallest absolute Gasteiger partial charge is 0.00697 e. The molecule has 1 nitrogen and oxygen atoms in total. The molecule has 1 saturated heterocycles. The quantitative estimate of drug-likeness (QED) is 0.794. The summed E-state index contributed by atoms with van der Waals surface area (Å²) >= 11 is 2.13. The molecule has 2 atom stereocenters. The molecular weight excluding hydrogens is 202 g/mol. The van der Waals surface area contributed by atoms with Crippen LogP contribution in [0.15, 0.2) is 0 Å². The predicted octanol–water partition coefficient (Wildman–Crippen LogP) is 3.30. The van der Waals surface area contributed by atoms with E-state index < -0.39 is 0 Å². The van der Waals surface area contributed by atoms with E-state index in [4.69, 9.17) is 0 Å². The van der Waals surface area contributed by atoms with Gasteiger partial charge in [0.15, 0.2) is 0 Å². The molecule has 2 fully saturated rings. The Kier molecular flexibility index (Phi) is 4.83. The Bertz CT molecular complexity index is 177. The van der Waals surface area contributed by atoms with Crippen molar-refractivity contribution in [3.63, 3.8) is 0 Å². The van der Waals surface area contributed by atoms with Crippen LogP contribution < -0.4 is 5.32 Å². The lowest BCUT2D eigenvalue weighted by Gasteiger charge is -2.30. The molecule has 0 bridgehead atoms. The zero-order valence-corrected chi connectivity index (χ0v) is 10.8. The maximum atomic E-state index is 3.81. The van der Waals surface area contributed by atoms with Crippen molar-refractivity contribution in [1.82, 2.24) is 5.32 Å². The van der Waals surface area contributed by atoms with Crippen molar-refractivity contribution in [1.29, 1.82) is 0 Å². The summed E-state index contributed by atoms with van der Waals surface area (Å²) in [6.45, 7) is 3.70. The Hall–Kier alpha value is 0.310. The Balaban J connectivity index is 1.63. The minimum atomic E-state index is 0.836. The molecule has 1 aliphatic carbocycles. The summed E-state index contributed by atoms with van der Waals surface area (Å²) in [5.41, 5.74) is 0. The first-order chi connectivity index (χ1) is 7.34. The van der Waals surface area contributed by atoms with Crippen LogP contribution in [0.3, 0.4) is 0 Å². The summed E-state index contributed by atoms with van der Waals surface area (Å²) in [6.07, 6.45) is 8.63. The topological polar surface area (TPSA) is 12.0 Å². The molecule has 0 aromatic carbocycles. The lowest BCUT2D eigenvalue weighted by atomic mass is 9.87. The van der Waals surface area contributed by atoms with Crippen LogP contribution in [0, 0.1) is 11.8 Å². The van der Waals surface area contributed by atoms with Crippen molar-refractivity contribution in [2.45, 2.75) is 51.5 Å². The number of nitrogens with one attached hydrogen (secondary N) is 1. The summed E-state index contributed by atoms with van der Waals surface area (Å²) in [6, 6.07) is 0.836. The van der Waals surface area contributed by atoms with Gasteiger partial charge < -0.3 is 5.32 Å². The molecule has 88 valence electrons. The van der Waals surface area contributed by atoms with Crippen molar-refractivity contribution in [3.8, 4) is 0 Å². The fraction of sp³-hybridized carbons (Fsp3) is 1.00. The van der Waals surface area contributed by atoms with Crippen molar-refractivity contribution >= 4 is 11.8 Å². The van der Waals surface area contributed by atoms with Gasteiger partial charge in [-0.05, 0) is 55.6 Å². The van der Waals surface area contributed by atoms with E-state index in [9.17, 15) is 0 Å². The van der Waals surface area contributed by atoms with Crippen LogP contribution in [0.5, 0.6) is 0 Å². The van der Waals surface area contributed by atoms with Crippen LogP contribution in [0.4, 0.5) is 0 Å². The van der Waals surface area contributed by atoms with Crippen LogP contribution in [0.2, 0.25) is 0 Å².